The summed E-state index contributed by atoms with van der Waals surface area (Å²) in [6, 6.07) is 1.43. The average molecular weight is 323 g/mol. The van der Waals surface area contributed by atoms with Crippen molar-refractivity contribution in [2.45, 2.75) is 91.6 Å². The van der Waals surface area contributed by atoms with Crippen LogP contribution in [0, 0.1) is 17.8 Å². The summed E-state index contributed by atoms with van der Waals surface area (Å²) >= 11 is 0. The second-order valence-electron chi connectivity index (χ2n) is 9.14. The third kappa shape index (κ3) is 6.38. The van der Waals surface area contributed by atoms with Crippen molar-refractivity contribution in [3.05, 3.63) is 0 Å². The van der Waals surface area contributed by atoms with E-state index in [1.807, 2.05) is 0 Å². The highest BCUT2D eigenvalue weighted by molar-refractivity contribution is 4.81. The zero-order valence-corrected chi connectivity index (χ0v) is 16.6. The van der Waals surface area contributed by atoms with Crippen LogP contribution in [0.4, 0.5) is 0 Å². The average Bonchev–Trinajstić information content (AvgIpc) is 2.48. The molecule has 2 heteroatoms. The minimum atomic E-state index is 0.702. The van der Waals surface area contributed by atoms with E-state index >= 15 is 0 Å². The molecule has 1 aliphatic heterocycles. The molecule has 0 aromatic heterocycles. The first kappa shape index (κ1) is 19.2. The van der Waals surface area contributed by atoms with Crippen LogP contribution in [0.5, 0.6) is 0 Å². The smallest absolute Gasteiger partial charge is 0.0198 e. The third-order valence-electron chi connectivity index (χ3n) is 6.28. The topological polar surface area (TPSA) is 6.48 Å². The van der Waals surface area contributed by atoms with Gasteiger partial charge in [0.15, 0.2) is 0 Å². The van der Waals surface area contributed by atoms with E-state index in [1.54, 1.807) is 0 Å². The largest absolute Gasteiger partial charge is 0.301 e. The van der Waals surface area contributed by atoms with E-state index in [4.69, 9.17) is 0 Å². The minimum absolute atomic E-state index is 0.702. The van der Waals surface area contributed by atoms with Crippen molar-refractivity contribution in [1.82, 2.24) is 9.80 Å². The fraction of sp³-hybridized carbons (Fsp3) is 1.00. The maximum atomic E-state index is 2.72. The van der Waals surface area contributed by atoms with Crippen LogP contribution in [0.1, 0.15) is 79.6 Å². The van der Waals surface area contributed by atoms with E-state index in [-0.39, 0.29) is 0 Å². The second-order valence-corrected chi connectivity index (χ2v) is 9.14. The van der Waals surface area contributed by atoms with Crippen LogP contribution in [0.15, 0.2) is 0 Å². The van der Waals surface area contributed by atoms with Crippen molar-refractivity contribution >= 4 is 0 Å². The van der Waals surface area contributed by atoms with Crippen molar-refractivity contribution in [3.8, 4) is 0 Å². The first-order valence-electron chi connectivity index (χ1n) is 10.4. The fourth-order valence-electron chi connectivity index (χ4n) is 5.04. The zero-order chi connectivity index (χ0) is 16.8. The maximum absolute atomic E-state index is 2.72. The highest BCUT2D eigenvalue weighted by Crippen LogP contribution is 2.34. The van der Waals surface area contributed by atoms with Gasteiger partial charge in [0, 0.05) is 31.7 Å². The lowest BCUT2D eigenvalue weighted by molar-refractivity contribution is 0.0584. The molecule has 1 aliphatic carbocycles. The summed E-state index contributed by atoms with van der Waals surface area (Å²) in [7, 11) is 0. The van der Waals surface area contributed by atoms with E-state index < -0.39 is 0 Å². The van der Waals surface area contributed by atoms with Crippen LogP contribution >= 0.6 is 0 Å². The van der Waals surface area contributed by atoms with Crippen molar-refractivity contribution in [2.75, 3.05) is 26.2 Å². The van der Waals surface area contributed by atoms with Gasteiger partial charge in [0.25, 0.3) is 0 Å². The Morgan fingerprint density at radius 3 is 2.13 bits per heavy atom. The van der Waals surface area contributed by atoms with Crippen molar-refractivity contribution in [3.63, 3.8) is 0 Å². The van der Waals surface area contributed by atoms with E-state index in [1.165, 1.54) is 71.1 Å². The number of piperazine rings is 1. The molecule has 0 bridgehead atoms. The lowest BCUT2D eigenvalue weighted by Crippen LogP contribution is -2.54. The predicted molar refractivity (Wildman–Crippen MR) is 102 cm³/mol. The lowest BCUT2D eigenvalue weighted by Gasteiger charge is -2.42. The van der Waals surface area contributed by atoms with Crippen LogP contribution in [0.25, 0.3) is 0 Å². The maximum Gasteiger partial charge on any atom is 0.0198 e. The van der Waals surface area contributed by atoms with Gasteiger partial charge in [-0.05, 0) is 64.3 Å². The normalized spacial score (nSPS) is 31.2. The molecule has 2 fully saturated rings. The standard InChI is InChI=1S/C21H42N2/c1-17(2)15-21-10-8-20(9-11-21)7-6-12-22-13-14-23(18(3)4)19(5)16-22/h17-21H,6-16H2,1-5H3. The Labute approximate surface area is 146 Å². The Balaban J connectivity index is 1.58. The van der Waals surface area contributed by atoms with Crippen LogP contribution in [0.2, 0.25) is 0 Å². The van der Waals surface area contributed by atoms with Crippen LogP contribution in [0.3, 0.4) is 0 Å². The monoisotopic (exact) mass is 322 g/mol. The Morgan fingerprint density at radius 1 is 0.913 bits per heavy atom. The van der Waals surface area contributed by atoms with Crippen LogP contribution in [-0.4, -0.2) is 48.1 Å². The Morgan fingerprint density at radius 2 is 1.57 bits per heavy atom. The summed E-state index contributed by atoms with van der Waals surface area (Å²) < 4.78 is 0. The molecule has 2 nitrogen and oxygen atoms in total. The van der Waals surface area contributed by atoms with Gasteiger partial charge in [0.2, 0.25) is 0 Å². The van der Waals surface area contributed by atoms with Gasteiger partial charge in [-0.25, -0.2) is 0 Å². The third-order valence-corrected chi connectivity index (χ3v) is 6.28. The summed E-state index contributed by atoms with van der Waals surface area (Å²) in [4.78, 5) is 5.38. The van der Waals surface area contributed by atoms with E-state index in [2.05, 4.69) is 44.4 Å². The first-order valence-corrected chi connectivity index (χ1v) is 10.4. The summed E-state index contributed by atoms with van der Waals surface area (Å²) in [5.74, 6) is 2.96. The quantitative estimate of drug-likeness (QED) is 0.648. The minimum Gasteiger partial charge on any atom is -0.301 e. The van der Waals surface area contributed by atoms with E-state index in [0.29, 0.717) is 6.04 Å². The van der Waals surface area contributed by atoms with Gasteiger partial charge in [-0.2, -0.15) is 0 Å². The molecule has 1 unspecified atom stereocenters. The van der Waals surface area contributed by atoms with Crippen molar-refractivity contribution in [2.24, 2.45) is 17.8 Å². The Bertz CT molecular complexity index is 318. The molecule has 2 rings (SSSR count). The summed E-state index contributed by atoms with van der Waals surface area (Å²) in [6.07, 6.45) is 10.4. The van der Waals surface area contributed by atoms with Gasteiger partial charge in [-0.1, -0.05) is 39.5 Å². The molecule has 1 saturated heterocycles. The summed E-state index contributed by atoms with van der Waals surface area (Å²) in [5, 5.41) is 0. The number of hydrogen-bond donors (Lipinski definition) is 0. The highest BCUT2D eigenvalue weighted by atomic mass is 15.3. The molecule has 23 heavy (non-hydrogen) atoms. The molecule has 0 aromatic rings. The SMILES string of the molecule is CC(C)CC1CCC(CCCN2CCN(C(C)C)C(C)C2)CC1. The predicted octanol–water partition coefficient (Wildman–Crippen LogP) is 5.03. The molecule has 0 amide bonds. The first-order chi connectivity index (χ1) is 11.0. The Hall–Kier alpha value is -0.0800. The van der Waals surface area contributed by atoms with E-state index in [0.717, 1.165) is 23.8 Å². The molecule has 1 heterocycles. The lowest BCUT2D eigenvalue weighted by atomic mass is 9.77. The molecule has 2 aliphatic rings. The van der Waals surface area contributed by atoms with E-state index in [9.17, 15) is 0 Å². The highest BCUT2D eigenvalue weighted by Gasteiger charge is 2.25. The van der Waals surface area contributed by atoms with Gasteiger partial charge in [-0.3, -0.25) is 4.90 Å². The number of hydrogen-bond acceptors (Lipinski definition) is 2. The molecular weight excluding hydrogens is 280 g/mol. The summed E-state index contributed by atoms with van der Waals surface area (Å²) in [6.45, 7) is 17.0. The molecule has 0 N–H and O–H groups in total. The number of rotatable bonds is 7. The van der Waals surface area contributed by atoms with Gasteiger partial charge >= 0.3 is 0 Å². The van der Waals surface area contributed by atoms with Gasteiger partial charge < -0.3 is 4.90 Å². The van der Waals surface area contributed by atoms with Crippen LogP contribution < -0.4 is 0 Å². The van der Waals surface area contributed by atoms with Crippen molar-refractivity contribution in [1.29, 1.82) is 0 Å². The number of nitrogens with zero attached hydrogens (tertiary/aromatic N) is 2. The van der Waals surface area contributed by atoms with Gasteiger partial charge in [0.05, 0.1) is 0 Å². The fourth-order valence-corrected chi connectivity index (χ4v) is 5.04. The second kappa shape index (κ2) is 9.42. The van der Waals surface area contributed by atoms with Crippen LogP contribution in [-0.2, 0) is 0 Å². The van der Waals surface area contributed by atoms with Gasteiger partial charge in [0.1, 0.15) is 0 Å². The molecule has 0 radical (unpaired) electrons. The Kier molecular flexibility index (Phi) is 7.88. The molecule has 1 atom stereocenters. The van der Waals surface area contributed by atoms with Gasteiger partial charge in [-0.15, -0.1) is 0 Å². The molecule has 136 valence electrons. The molecule has 0 aromatic carbocycles. The van der Waals surface area contributed by atoms with Crippen molar-refractivity contribution < 1.29 is 0 Å². The molecule has 0 spiro atoms. The molecule has 1 saturated carbocycles. The summed E-state index contributed by atoms with van der Waals surface area (Å²) in [5.41, 5.74) is 0. The molecular formula is C21H42N2. The zero-order valence-electron chi connectivity index (χ0n) is 16.6.